The number of amides is 1. The largest absolute Gasteiger partial charge is 0.368 e. The maximum absolute atomic E-state index is 11.7. The average Bonchev–Trinajstić information content (AvgIpc) is 2.33. The van der Waals surface area contributed by atoms with Gasteiger partial charge in [-0.1, -0.05) is 11.6 Å². The van der Waals surface area contributed by atoms with Crippen LogP contribution in [0.5, 0.6) is 0 Å². The van der Waals surface area contributed by atoms with Crippen LogP contribution in [0.3, 0.4) is 0 Å². The highest BCUT2D eigenvalue weighted by atomic mass is 35.5. The minimum Gasteiger partial charge on any atom is -0.368 e. The van der Waals surface area contributed by atoms with E-state index in [1.54, 1.807) is 17.0 Å². The number of carbonyl (C=O) groups is 1. The highest BCUT2D eigenvalue weighted by Crippen LogP contribution is 2.06. The van der Waals surface area contributed by atoms with Gasteiger partial charge in [0, 0.05) is 26.1 Å². The molecule has 0 saturated heterocycles. The Bertz CT molecular complexity index is 351. The lowest BCUT2D eigenvalue weighted by molar-refractivity contribution is -0.130. The van der Waals surface area contributed by atoms with Gasteiger partial charge in [-0.3, -0.25) is 4.79 Å². The predicted octanol–water partition coefficient (Wildman–Crippen LogP) is 1.80. The van der Waals surface area contributed by atoms with E-state index >= 15 is 0 Å². The van der Waals surface area contributed by atoms with Crippen molar-refractivity contribution in [1.82, 2.24) is 15.1 Å². The predicted molar refractivity (Wildman–Crippen MR) is 68.1 cm³/mol. The van der Waals surface area contributed by atoms with Crippen LogP contribution < -0.4 is 5.32 Å². The molecule has 0 aliphatic carbocycles. The summed E-state index contributed by atoms with van der Waals surface area (Å²) < 4.78 is 0. The molecule has 1 aromatic heterocycles. The summed E-state index contributed by atoms with van der Waals surface area (Å²) in [5.74, 6) is 0.770. The third kappa shape index (κ3) is 4.56. The third-order valence-corrected chi connectivity index (χ3v) is 2.59. The van der Waals surface area contributed by atoms with E-state index in [2.05, 4.69) is 15.5 Å². The van der Waals surface area contributed by atoms with Crippen molar-refractivity contribution in [3.63, 3.8) is 0 Å². The van der Waals surface area contributed by atoms with E-state index in [0.29, 0.717) is 23.9 Å². The van der Waals surface area contributed by atoms with Crippen LogP contribution in [0.15, 0.2) is 12.1 Å². The summed E-state index contributed by atoms with van der Waals surface area (Å²) in [6.45, 7) is 5.98. The zero-order valence-corrected chi connectivity index (χ0v) is 10.9. The van der Waals surface area contributed by atoms with Gasteiger partial charge in [0.2, 0.25) is 5.91 Å². The summed E-state index contributed by atoms with van der Waals surface area (Å²) in [4.78, 5) is 13.5. The number of halogens is 1. The highest BCUT2D eigenvalue weighted by Gasteiger charge is 2.08. The molecule has 0 unspecified atom stereocenters. The minimum atomic E-state index is 0.143. The molecule has 1 N–H and O–H groups in total. The van der Waals surface area contributed by atoms with E-state index < -0.39 is 0 Å². The molecule has 1 heterocycles. The molecular formula is C11H17ClN4O. The summed E-state index contributed by atoms with van der Waals surface area (Å²) in [5.41, 5.74) is 0. The molecule has 0 atom stereocenters. The molecule has 0 bridgehead atoms. The van der Waals surface area contributed by atoms with Crippen LogP contribution in [0.2, 0.25) is 5.15 Å². The Morgan fingerprint density at radius 2 is 2.06 bits per heavy atom. The zero-order valence-electron chi connectivity index (χ0n) is 10.1. The number of aromatic nitrogens is 2. The summed E-state index contributed by atoms with van der Waals surface area (Å²) in [7, 11) is 0. The maximum atomic E-state index is 11.7. The Balaban J connectivity index is 2.32. The van der Waals surface area contributed by atoms with Gasteiger partial charge in [-0.15, -0.1) is 10.2 Å². The lowest BCUT2D eigenvalue weighted by Crippen LogP contribution is -2.31. The van der Waals surface area contributed by atoms with Crippen molar-refractivity contribution in [3.05, 3.63) is 17.3 Å². The first-order valence-corrected chi connectivity index (χ1v) is 6.06. The first-order chi connectivity index (χ1) is 8.17. The molecule has 0 fully saturated rings. The van der Waals surface area contributed by atoms with E-state index in [1.807, 2.05) is 13.8 Å². The number of anilines is 1. The molecule has 0 spiro atoms. The molecule has 0 aliphatic rings. The van der Waals surface area contributed by atoms with E-state index in [4.69, 9.17) is 11.6 Å². The van der Waals surface area contributed by atoms with Crippen molar-refractivity contribution in [2.75, 3.05) is 25.0 Å². The maximum Gasteiger partial charge on any atom is 0.224 e. The molecule has 5 nitrogen and oxygen atoms in total. The van der Waals surface area contributed by atoms with Gasteiger partial charge in [0.1, 0.15) is 5.82 Å². The number of hydrogen-bond donors (Lipinski definition) is 1. The Morgan fingerprint density at radius 3 is 2.59 bits per heavy atom. The van der Waals surface area contributed by atoms with E-state index in [0.717, 1.165) is 13.1 Å². The molecular weight excluding hydrogens is 240 g/mol. The molecule has 6 heteroatoms. The summed E-state index contributed by atoms with van der Waals surface area (Å²) in [6.07, 6.45) is 0.450. The van der Waals surface area contributed by atoms with Crippen molar-refractivity contribution < 1.29 is 4.79 Å². The molecule has 0 radical (unpaired) electrons. The molecule has 1 rings (SSSR count). The quantitative estimate of drug-likeness (QED) is 0.843. The van der Waals surface area contributed by atoms with Crippen LogP contribution in [0.4, 0.5) is 5.82 Å². The molecule has 94 valence electrons. The number of nitrogens with zero attached hydrogens (tertiary/aromatic N) is 3. The highest BCUT2D eigenvalue weighted by molar-refractivity contribution is 6.29. The van der Waals surface area contributed by atoms with E-state index in [9.17, 15) is 4.79 Å². The summed E-state index contributed by atoms with van der Waals surface area (Å²) in [6, 6.07) is 3.39. The fourth-order valence-corrected chi connectivity index (χ4v) is 1.54. The minimum absolute atomic E-state index is 0.143. The number of nitrogens with one attached hydrogen (secondary N) is 1. The second kappa shape index (κ2) is 7.06. The third-order valence-electron chi connectivity index (χ3n) is 2.39. The molecule has 0 saturated carbocycles. The normalized spacial score (nSPS) is 10.1. The van der Waals surface area contributed by atoms with Crippen LogP contribution in [0.25, 0.3) is 0 Å². The van der Waals surface area contributed by atoms with Crippen molar-refractivity contribution in [1.29, 1.82) is 0 Å². The first-order valence-electron chi connectivity index (χ1n) is 5.68. The molecule has 17 heavy (non-hydrogen) atoms. The van der Waals surface area contributed by atoms with Crippen molar-refractivity contribution in [2.45, 2.75) is 20.3 Å². The van der Waals surface area contributed by atoms with Crippen molar-refractivity contribution >= 4 is 23.3 Å². The second-order valence-electron chi connectivity index (χ2n) is 3.48. The fourth-order valence-electron chi connectivity index (χ4n) is 1.44. The first kappa shape index (κ1) is 13.7. The number of rotatable bonds is 6. The van der Waals surface area contributed by atoms with Gasteiger partial charge in [-0.25, -0.2) is 0 Å². The smallest absolute Gasteiger partial charge is 0.224 e. The van der Waals surface area contributed by atoms with Crippen LogP contribution in [-0.2, 0) is 4.79 Å². The van der Waals surface area contributed by atoms with Crippen LogP contribution in [-0.4, -0.2) is 40.6 Å². The van der Waals surface area contributed by atoms with Gasteiger partial charge in [-0.2, -0.15) is 0 Å². The SMILES string of the molecule is CCN(CC)C(=O)CCNc1ccc(Cl)nn1. The molecule has 1 aromatic rings. The Morgan fingerprint density at radius 1 is 1.35 bits per heavy atom. The average molecular weight is 257 g/mol. The van der Waals surface area contributed by atoms with E-state index in [1.165, 1.54) is 0 Å². The monoisotopic (exact) mass is 256 g/mol. The Labute approximate surface area is 106 Å². The van der Waals surface area contributed by atoms with Crippen LogP contribution >= 0.6 is 11.6 Å². The topological polar surface area (TPSA) is 58.1 Å². The lowest BCUT2D eigenvalue weighted by Gasteiger charge is -2.18. The number of carbonyl (C=O) groups excluding carboxylic acids is 1. The van der Waals surface area contributed by atoms with E-state index in [-0.39, 0.29) is 5.91 Å². The lowest BCUT2D eigenvalue weighted by atomic mass is 10.3. The standard InChI is InChI=1S/C11H17ClN4O/c1-3-16(4-2)11(17)7-8-13-10-6-5-9(12)14-15-10/h5-6H,3-4,7-8H2,1-2H3,(H,13,15). The van der Waals surface area contributed by atoms with Crippen molar-refractivity contribution in [3.8, 4) is 0 Å². The van der Waals surface area contributed by atoms with Gasteiger partial charge in [0.05, 0.1) is 0 Å². The number of hydrogen-bond acceptors (Lipinski definition) is 4. The molecule has 0 aliphatic heterocycles. The van der Waals surface area contributed by atoms with Gasteiger partial charge >= 0.3 is 0 Å². The molecule has 1 amide bonds. The fraction of sp³-hybridized carbons (Fsp3) is 0.545. The zero-order chi connectivity index (χ0) is 12.7. The second-order valence-corrected chi connectivity index (χ2v) is 3.87. The summed E-state index contributed by atoms with van der Waals surface area (Å²) >= 11 is 5.61. The van der Waals surface area contributed by atoms with Crippen LogP contribution in [0, 0.1) is 0 Å². The van der Waals surface area contributed by atoms with Gasteiger partial charge in [-0.05, 0) is 26.0 Å². The summed E-state index contributed by atoms with van der Waals surface area (Å²) in [5, 5.41) is 10.9. The van der Waals surface area contributed by atoms with Gasteiger partial charge in [0.25, 0.3) is 0 Å². The Hall–Kier alpha value is -1.36. The van der Waals surface area contributed by atoms with Gasteiger partial charge < -0.3 is 10.2 Å². The van der Waals surface area contributed by atoms with Gasteiger partial charge in [0.15, 0.2) is 5.15 Å². The molecule has 0 aromatic carbocycles. The Kier molecular flexibility index (Phi) is 5.69. The van der Waals surface area contributed by atoms with Crippen molar-refractivity contribution in [2.24, 2.45) is 0 Å². The van der Waals surface area contributed by atoms with Crippen LogP contribution in [0.1, 0.15) is 20.3 Å².